The standard InChI is InChI=1S/C23H32N4O6S/c1-5-13-32-20-11-9-18(22(16-20)33-14-6-2)17-24-25-21-12-10-19(27(28)29)15-23(21)34(30,31)26(7-3)8-4/h9-12,15-17,25H,5-8,13-14H2,1-4H3. The van der Waals surface area contributed by atoms with Crippen LogP contribution in [0.4, 0.5) is 11.4 Å². The molecular weight excluding hydrogens is 460 g/mol. The lowest BCUT2D eigenvalue weighted by Crippen LogP contribution is -2.31. The van der Waals surface area contributed by atoms with Gasteiger partial charge in [-0.3, -0.25) is 15.5 Å². The summed E-state index contributed by atoms with van der Waals surface area (Å²) >= 11 is 0. The molecule has 0 aliphatic heterocycles. The van der Waals surface area contributed by atoms with Crippen LogP contribution in [-0.2, 0) is 10.0 Å². The number of nitro benzene ring substituents is 1. The van der Waals surface area contributed by atoms with Gasteiger partial charge in [-0.05, 0) is 31.0 Å². The van der Waals surface area contributed by atoms with E-state index in [4.69, 9.17) is 9.47 Å². The fourth-order valence-corrected chi connectivity index (χ4v) is 4.69. The highest BCUT2D eigenvalue weighted by molar-refractivity contribution is 7.89. The van der Waals surface area contributed by atoms with Crippen LogP contribution in [0.3, 0.4) is 0 Å². The molecule has 11 heteroatoms. The Hall–Kier alpha value is -3.18. The first-order valence-corrected chi connectivity index (χ1v) is 12.7. The van der Waals surface area contributed by atoms with Crippen LogP contribution < -0.4 is 14.9 Å². The molecule has 0 aliphatic rings. The summed E-state index contributed by atoms with van der Waals surface area (Å²) in [5.41, 5.74) is 3.20. The van der Waals surface area contributed by atoms with Crippen molar-refractivity contribution in [3.05, 3.63) is 52.1 Å². The van der Waals surface area contributed by atoms with E-state index in [-0.39, 0.29) is 29.4 Å². The predicted molar refractivity (Wildman–Crippen MR) is 132 cm³/mol. The molecule has 1 N–H and O–H groups in total. The molecule has 0 amide bonds. The zero-order valence-electron chi connectivity index (χ0n) is 20.0. The van der Waals surface area contributed by atoms with E-state index in [9.17, 15) is 18.5 Å². The number of nitrogens with one attached hydrogen (secondary N) is 1. The topological polar surface area (TPSA) is 123 Å². The molecule has 0 bridgehead atoms. The molecule has 0 spiro atoms. The normalized spacial score (nSPS) is 11.7. The zero-order chi connectivity index (χ0) is 25.1. The van der Waals surface area contributed by atoms with Crippen molar-refractivity contribution in [3.8, 4) is 11.5 Å². The average Bonchev–Trinajstić information content (AvgIpc) is 2.82. The molecule has 0 unspecified atom stereocenters. The number of anilines is 1. The van der Waals surface area contributed by atoms with Gasteiger partial charge in [-0.1, -0.05) is 27.7 Å². The van der Waals surface area contributed by atoms with Crippen molar-refractivity contribution in [2.24, 2.45) is 5.10 Å². The van der Waals surface area contributed by atoms with Gasteiger partial charge in [-0.15, -0.1) is 0 Å². The maximum absolute atomic E-state index is 13.1. The van der Waals surface area contributed by atoms with Crippen molar-refractivity contribution in [3.63, 3.8) is 0 Å². The minimum atomic E-state index is -3.97. The van der Waals surface area contributed by atoms with Crippen molar-refractivity contribution in [1.82, 2.24) is 4.31 Å². The number of sulfonamides is 1. The maximum atomic E-state index is 13.1. The number of hydrogen-bond donors (Lipinski definition) is 1. The minimum absolute atomic E-state index is 0.132. The molecule has 0 aromatic heterocycles. The Bertz CT molecular complexity index is 1100. The minimum Gasteiger partial charge on any atom is -0.493 e. The summed E-state index contributed by atoms with van der Waals surface area (Å²) in [5, 5.41) is 15.4. The lowest BCUT2D eigenvalue weighted by atomic mass is 10.2. The Labute approximate surface area is 200 Å². The van der Waals surface area contributed by atoms with Crippen molar-refractivity contribution in [2.75, 3.05) is 31.7 Å². The van der Waals surface area contributed by atoms with Gasteiger partial charge < -0.3 is 9.47 Å². The second-order valence-electron chi connectivity index (χ2n) is 7.29. The summed E-state index contributed by atoms with van der Waals surface area (Å²) in [7, 11) is -3.97. The molecule has 0 atom stereocenters. The van der Waals surface area contributed by atoms with E-state index in [2.05, 4.69) is 10.5 Å². The monoisotopic (exact) mass is 492 g/mol. The highest BCUT2D eigenvalue weighted by Crippen LogP contribution is 2.29. The van der Waals surface area contributed by atoms with E-state index in [1.165, 1.54) is 22.7 Å². The van der Waals surface area contributed by atoms with Gasteiger partial charge in [-0.25, -0.2) is 8.42 Å². The fourth-order valence-electron chi connectivity index (χ4n) is 3.07. The van der Waals surface area contributed by atoms with E-state index in [1.807, 2.05) is 13.8 Å². The molecule has 0 radical (unpaired) electrons. The van der Waals surface area contributed by atoms with Gasteiger partial charge >= 0.3 is 0 Å². The number of hydrazone groups is 1. The number of nitrogens with zero attached hydrogens (tertiary/aromatic N) is 3. The molecule has 0 aliphatic carbocycles. The molecule has 10 nitrogen and oxygen atoms in total. The predicted octanol–water partition coefficient (Wildman–Crippen LogP) is 4.65. The van der Waals surface area contributed by atoms with Gasteiger partial charge in [0, 0.05) is 36.9 Å². The number of rotatable bonds is 14. The third-order valence-corrected chi connectivity index (χ3v) is 6.90. The smallest absolute Gasteiger partial charge is 0.270 e. The second-order valence-corrected chi connectivity index (χ2v) is 9.20. The van der Waals surface area contributed by atoms with E-state index in [0.29, 0.717) is 30.3 Å². The Morgan fingerprint density at radius 1 is 1.03 bits per heavy atom. The summed E-state index contributed by atoms with van der Waals surface area (Å²) in [6.07, 6.45) is 3.21. The first-order chi connectivity index (χ1) is 16.3. The molecule has 2 aromatic rings. The number of non-ortho nitro benzene ring substituents is 1. The molecule has 0 heterocycles. The largest absolute Gasteiger partial charge is 0.493 e. The Kier molecular flexibility index (Phi) is 10.3. The Morgan fingerprint density at radius 3 is 2.32 bits per heavy atom. The van der Waals surface area contributed by atoms with Crippen LogP contribution in [0.15, 0.2) is 46.4 Å². The van der Waals surface area contributed by atoms with Crippen LogP contribution in [0, 0.1) is 10.1 Å². The average molecular weight is 493 g/mol. The first-order valence-electron chi connectivity index (χ1n) is 11.3. The summed E-state index contributed by atoms with van der Waals surface area (Å²) in [6, 6.07) is 9.00. The summed E-state index contributed by atoms with van der Waals surface area (Å²) < 4.78 is 38.9. The molecule has 186 valence electrons. The second kappa shape index (κ2) is 12.9. The quantitative estimate of drug-likeness (QED) is 0.231. The van der Waals surface area contributed by atoms with Crippen LogP contribution in [0.25, 0.3) is 0 Å². The zero-order valence-corrected chi connectivity index (χ0v) is 20.8. The molecule has 0 saturated heterocycles. The van der Waals surface area contributed by atoms with E-state index < -0.39 is 14.9 Å². The van der Waals surface area contributed by atoms with Crippen molar-refractivity contribution in [2.45, 2.75) is 45.4 Å². The van der Waals surface area contributed by atoms with Gasteiger partial charge in [0.2, 0.25) is 10.0 Å². The molecule has 2 aromatic carbocycles. The van der Waals surface area contributed by atoms with Crippen LogP contribution in [-0.4, -0.2) is 50.2 Å². The van der Waals surface area contributed by atoms with E-state index in [0.717, 1.165) is 18.9 Å². The summed E-state index contributed by atoms with van der Waals surface area (Å²) in [6.45, 7) is 8.99. The van der Waals surface area contributed by atoms with Crippen molar-refractivity contribution in [1.29, 1.82) is 0 Å². The molecule has 2 rings (SSSR count). The van der Waals surface area contributed by atoms with Gasteiger partial charge in [-0.2, -0.15) is 9.41 Å². The molecule has 34 heavy (non-hydrogen) atoms. The lowest BCUT2D eigenvalue weighted by Gasteiger charge is -2.20. The van der Waals surface area contributed by atoms with Crippen molar-refractivity contribution < 1.29 is 22.8 Å². The van der Waals surface area contributed by atoms with Crippen LogP contribution in [0.2, 0.25) is 0 Å². The third-order valence-electron chi connectivity index (χ3n) is 4.81. The molecule has 0 fully saturated rings. The number of benzene rings is 2. The van der Waals surface area contributed by atoms with Gasteiger partial charge in [0.15, 0.2) is 0 Å². The third kappa shape index (κ3) is 6.91. The highest BCUT2D eigenvalue weighted by atomic mass is 32.2. The van der Waals surface area contributed by atoms with Crippen molar-refractivity contribution >= 4 is 27.6 Å². The molecular formula is C23H32N4O6S. The van der Waals surface area contributed by atoms with Gasteiger partial charge in [0.05, 0.1) is 30.0 Å². The highest BCUT2D eigenvalue weighted by Gasteiger charge is 2.27. The van der Waals surface area contributed by atoms with Gasteiger partial charge in [0.25, 0.3) is 5.69 Å². The van der Waals surface area contributed by atoms with Crippen LogP contribution in [0.5, 0.6) is 11.5 Å². The van der Waals surface area contributed by atoms with Crippen LogP contribution in [0.1, 0.15) is 46.1 Å². The Morgan fingerprint density at radius 2 is 1.71 bits per heavy atom. The maximum Gasteiger partial charge on any atom is 0.270 e. The number of ether oxygens (including phenoxy) is 2. The van der Waals surface area contributed by atoms with E-state index >= 15 is 0 Å². The Balaban J connectivity index is 2.39. The summed E-state index contributed by atoms with van der Waals surface area (Å²) in [4.78, 5) is 10.4. The SMILES string of the molecule is CCCOc1ccc(C=NNc2ccc([N+](=O)[O-])cc2S(=O)(=O)N(CC)CC)c(OCCC)c1. The lowest BCUT2D eigenvalue weighted by molar-refractivity contribution is -0.385. The first kappa shape index (κ1) is 27.1. The molecule has 0 saturated carbocycles. The fraction of sp³-hybridized carbons (Fsp3) is 0.435. The number of nitro groups is 1. The van der Waals surface area contributed by atoms with Crippen LogP contribution >= 0.6 is 0 Å². The summed E-state index contributed by atoms with van der Waals surface area (Å²) in [5.74, 6) is 1.27. The van der Waals surface area contributed by atoms with E-state index in [1.54, 1.807) is 32.0 Å². The number of hydrogen-bond acceptors (Lipinski definition) is 8. The van der Waals surface area contributed by atoms with Gasteiger partial charge in [0.1, 0.15) is 16.4 Å².